The summed E-state index contributed by atoms with van der Waals surface area (Å²) in [5.74, 6) is -0.401. The van der Waals surface area contributed by atoms with Crippen LogP contribution in [0.5, 0.6) is 0 Å². The topological polar surface area (TPSA) is 49.9 Å². The Labute approximate surface area is 193 Å². The van der Waals surface area contributed by atoms with Crippen molar-refractivity contribution in [3.8, 4) is 0 Å². The summed E-state index contributed by atoms with van der Waals surface area (Å²) in [5.41, 5.74) is 3.36. The first-order valence-electron chi connectivity index (χ1n) is 10.5. The van der Waals surface area contributed by atoms with Crippen LogP contribution in [-0.2, 0) is 27.8 Å². The third-order valence-corrected chi connectivity index (χ3v) is 8.14. The van der Waals surface area contributed by atoms with Crippen molar-refractivity contribution in [2.24, 2.45) is 0 Å². The van der Waals surface area contributed by atoms with Gasteiger partial charge in [0.05, 0.1) is 30.3 Å². The van der Waals surface area contributed by atoms with Gasteiger partial charge in [-0.15, -0.1) is 11.3 Å². The van der Waals surface area contributed by atoms with Crippen molar-refractivity contribution in [1.82, 2.24) is 4.90 Å². The van der Waals surface area contributed by atoms with E-state index in [0.717, 1.165) is 54.4 Å². The predicted octanol–water partition coefficient (Wildman–Crippen LogP) is 4.73. The Balaban J connectivity index is 1.64. The molecule has 0 N–H and O–H groups in total. The van der Waals surface area contributed by atoms with E-state index in [0.29, 0.717) is 5.69 Å². The summed E-state index contributed by atoms with van der Waals surface area (Å²) < 4.78 is 47.7. The summed E-state index contributed by atoms with van der Waals surface area (Å²) >= 11 is 1.54. The number of anilines is 1. The number of halogens is 1. The number of rotatable bonds is 7. The quantitative estimate of drug-likeness (QED) is 0.497. The van der Waals surface area contributed by atoms with Crippen LogP contribution in [0.3, 0.4) is 0 Å². The largest absolute Gasteiger partial charge is 0.379 e. The first-order valence-corrected chi connectivity index (χ1v) is 12.9. The Kier molecular flexibility index (Phi) is 6.95. The van der Waals surface area contributed by atoms with Crippen LogP contribution in [0, 0.1) is 19.7 Å². The second kappa shape index (κ2) is 9.70. The molecule has 1 aliphatic heterocycles. The monoisotopic (exact) mass is 474 g/mol. The number of ether oxygens (including phenoxy) is 1. The van der Waals surface area contributed by atoms with Crippen LogP contribution in [0.1, 0.15) is 21.6 Å². The lowest BCUT2D eigenvalue weighted by molar-refractivity contribution is 0.0342. The maximum atomic E-state index is 13.7. The van der Waals surface area contributed by atoms with Crippen molar-refractivity contribution in [3.63, 3.8) is 0 Å². The van der Waals surface area contributed by atoms with Gasteiger partial charge in [0.2, 0.25) is 0 Å². The fraction of sp³-hybridized carbons (Fsp3) is 0.333. The van der Waals surface area contributed by atoms with Crippen LogP contribution in [0.2, 0.25) is 0 Å². The lowest BCUT2D eigenvalue weighted by Crippen LogP contribution is -2.35. The molecule has 32 heavy (non-hydrogen) atoms. The molecule has 0 saturated carbocycles. The van der Waals surface area contributed by atoms with Gasteiger partial charge in [0.15, 0.2) is 0 Å². The number of benzene rings is 2. The van der Waals surface area contributed by atoms with Crippen molar-refractivity contribution < 1.29 is 17.5 Å². The van der Waals surface area contributed by atoms with Gasteiger partial charge in [-0.1, -0.05) is 6.07 Å². The molecule has 5 nitrogen and oxygen atoms in total. The zero-order valence-corrected chi connectivity index (χ0v) is 19.9. The Bertz CT molecular complexity index is 1150. The fourth-order valence-corrected chi connectivity index (χ4v) is 6.47. The number of morpholine rings is 1. The van der Waals surface area contributed by atoms with E-state index in [4.69, 9.17) is 4.74 Å². The normalized spacial score (nSPS) is 15.1. The maximum absolute atomic E-state index is 13.7. The number of hydrogen-bond donors (Lipinski definition) is 0. The van der Waals surface area contributed by atoms with Crippen LogP contribution >= 0.6 is 11.3 Å². The van der Waals surface area contributed by atoms with Gasteiger partial charge >= 0.3 is 0 Å². The van der Waals surface area contributed by atoms with Crippen LogP contribution < -0.4 is 4.31 Å². The minimum atomic E-state index is -3.84. The Morgan fingerprint density at radius 3 is 2.34 bits per heavy atom. The van der Waals surface area contributed by atoms with Crippen LogP contribution in [-0.4, -0.2) is 39.6 Å². The molecule has 0 aliphatic carbocycles. The van der Waals surface area contributed by atoms with E-state index in [2.05, 4.69) is 16.3 Å². The van der Waals surface area contributed by atoms with E-state index in [1.807, 2.05) is 19.9 Å². The second-order valence-electron chi connectivity index (χ2n) is 8.12. The van der Waals surface area contributed by atoms with E-state index < -0.39 is 15.8 Å². The van der Waals surface area contributed by atoms with E-state index in [9.17, 15) is 12.8 Å². The fourth-order valence-electron chi connectivity index (χ4n) is 3.88. The minimum Gasteiger partial charge on any atom is -0.379 e. The molecule has 2 aromatic carbocycles. The highest BCUT2D eigenvalue weighted by Gasteiger charge is 2.26. The molecule has 1 saturated heterocycles. The highest BCUT2D eigenvalue weighted by Crippen LogP contribution is 2.29. The second-order valence-corrected chi connectivity index (χ2v) is 11.0. The van der Waals surface area contributed by atoms with Gasteiger partial charge in [-0.3, -0.25) is 9.21 Å². The molecule has 170 valence electrons. The molecule has 0 amide bonds. The average Bonchev–Trinajstić information content (AvgIpc) is 3.20. The molecular formula is C24H27FN2O3S2. The van der Waals surface area contributed by atoms with Gasteiger partial charge in [0.1, 0.15) is 5.82 Å². The molecule has 0 radical (unpaired) electrons. The summed E-state index contributed by atoms with van der Waals surface area (Å²) in [5, 5.41) is 2.08. The average molecular weight is 475 g/mol. The molecule has 1 fully saturated rings. The van der Waals surface area contributed by atoms with Gasteiger partial charge in [-0.2, -0.15) is 0 Å². The molecule has 0 unspecified atom stereocenters. The van der Waals surface area contributed by atoms with Gasteiger partial charge < -0.3 is 4.74 Å². The molecule has 8 heteroatoms. The molecular weight excluding hydrogens is 447 g/mol. The van der Waals surface area contributed by atoms with E-state index in [-0.39, 0.29) is 11.4 Å². The molecule has 4 rings (SSSR count). The molecule has 0 spiro atoms. The van der Waals surface area contributed by atoms with E-state index in [1.165, 1.54) is 28.6 Å². The summed E-state index contributed by atoms with van der Waals surface area (Å²) in [6.45, 7) is 8.04. The van der Waals surface area contributed by atoms with Crippen molar-refractivity contribution in [2.75, 3.05) is 30.6 Å². The van der Waals surface area contributed by atoms with Crippen molar-refractivity contribution >= 4 is 27.0 Å². The van der Waals surface area contributed by atoms with Gasteiger partial charge in [-0.05, 0) is 78.4 Å². The first kappa shape index (κ1) is 22.9. The van der Waals surface area contributed by atoms with Gasteiger partial charge in [-0.25, -0.2) is 12.8 Å². The maximum Gasteiger partial charge on any atom is 0.264 e. The zero-order chi connectivity index (χ0) is 22.7. The summed E-state index contributed by atoms with van der Waals surface area (Å²) in [4.78, 5) is 3.51. The highest BCUT2D eigenvalue weighted by molar-refractivity contribution is 7.92. The molecule has 1 aliphatic rings. The Morgan fingerprint density at radius 2 is 1.69 bits per heavy atom. The molecule has 0 bridgehead atoms. The van der Waals surface area contributed by atoms with Crippen molar-refractivity contribution in [3.05, 3.63) is 81.3 Å². The number of aryl methyl sites for hydroxylation is 2. The van der Waals surface area contributed by atoms with E-state index in [1.54, 1.807) is 23.5 Å². The zero-order valence-electron chi connectivity index (χ0n) is 18.3. The number of thiophene rings is 1. The van der Waals surface area contributed by atoms with Crippen molar-refractivity contribution in [2.45, 2.75) is 31.8 Å². The molecule has 3 aromatic rings. The standard InChI is InChI=1S/C24H27FN2O3S2/c1-18-11-19(2)13-24(12-18)32(28,29)27(22-5-3-21(25)4-6-22)16-23-14-20(17-31-23)15-26-7-9-30-10-8-26/h3-6,11-14,17H,7-10,15-16H2,1-2H3. The third-order valence-electron chi connectivity index (χ3n) is 5.42. The summed E-state index contributed by atoms with van der Waals surface area (Å²) in [7, 11) is -3.84. The molecule has 0 atom stereocenters. The summed E-state index contributed by atoms with van der Waals surface area (Å²) in [6.07, 6.45) is 0. The lowest BCUT2D eigenvalue weighted by atomic mass is 10.2. The molecule has 1 aromatic heterocycles. The smallest absolute Gasteiger partial charge is 0.264 e. The minimum absolute atomic E-state index is 0.189. The van der Waals surface area contributed by atoms with Crippen molar-refractivity contribution in [1.29, 1.82) is 0 Å². The van der Waals surface area contributed by atoms with Crippen LogP contribution in [0.25, 0.3) is 0 Å². The number of sulfonamides is 1. The lowest BCUT2D eigenvalue weighted by Gasteiger charge is -2.26. The number of hydrogen-bond acceptors (Lipinski definition) is 5. The van der Waals surface area contributed by atoms with Gasteiger partial charge in [0, 0.05) is 24.5 Å². The van der Waals surface area contributed by atoms with Gasteiger partial charge in [0.25, 0.3) is 10.0 Å². The Hall–Kier alpha value is -2.26. The van der Waals surface area contributed by atoms with Crippen LogP contribution in [0.4, 0.5) is 10.1 Å². The third kappa shape index (κ3) is 5.38. The number of nitrogens with zero attached hydrogens (tertiary/aromatic N) is 2. The summed E-state index contributed by atoms with van der Waals surface area (Å²) in [6, 6.07) is 13.0. The van der Waals surface area contributed by atoms with Crippen LogP contribution in [0.15, 0.2) is 58.8 Å². The van der Waals surface area contributed by atoms with E-state index >= 15 is 0 Å². The predicted molar refractivity (Wildman–Crippen MR) is 126 cm³/mol. The first-order chi connectivity index (χ1) is 15.3. The Morgan fingerprint density at radius 1 is 1.03 bits per heavy atom. The highest BCUT2D eigenvalue weighted by atomic mass is 32.2. The molecule has 2 heterocycles. The SMILES string of the molecule is Cc1cc(C)cc(S(=O)(=O)N(Cc2cc(CN3CCOCC3)cs2)c2ccc(F)cc2)c1.